The van der Waals surface area contributed by atoms with Crippen molar-refractivity contribution in [3.05, 3.63) is 48.6 Å². The van der Waals surface area contributed by atoms with Crippen molar-refractivity contribution < 1.29 is 48.3 Å². The second kappa shape index (κ2) is 53.7. The highest BCUT2D eigenvalue weighted by atomic mass is 32.2. The Morgan fingerprint density at radius 2 is 0.889 bits per heavy atom. The van der Waals surface area contributed by atoms with Gasteiger partial charge in [0.05, 0.1) is 24.7 Å². The maximum atomic E-state index is 12.8. The van der Waals surface area contributed by atoms with Crippen LogP contribution in [0.3, 0.4) is 0 Å². The van der Waals surface area contributed by atoms with Gasteiger partial charge in [0, 0.05) is 31.1 Å². The summed E-state index contributed by atoms with van der Waals surface area (Å²) in [5, 5.41) is 20.8. The summed E-state index contributed by atoms with van der Waals surface area (Å²) in [6.45, 7) is 8.99. The summed E-state index contributed by atoms with van der Waals surface area (Å²) in [7, 11) is 0. The van der Waals surface area contributed by atoms with E-state index in [1.165, 1.54) is 126 Å². The summed E-state index contributed by atoms with van der Waals surface area (Å²) in [5.74, 6) is 0.0732. The third kappa shape index (κ3) is 48.8. The lowest BCUT2D eigenvalue weighted by Gasteiger charge is -2.20. The number of allylic oxidation sites excluding steroid dienone is 8. The molecule has 0 aliphatic carbocycles. The van der Waals surface area contributed by atoms with E-state index in [9.17, 15) is 24.6 Å². The van der Waals surface area contributed by atoms with Crippen LogP contribution in [0.25, 0.3) is 0 Å². The SMILES string of the molecule is CCCCCC=CCC=CCCCCCCCCOC(=O)CSCC(O)OCCCC(CCCOC(O)CSCC(=O)OCCCCCCCCC=CCC=CCCCCC)OC(=O)CCCN1CCCC1. The zero-order valence-corrected chi connectivity index (χ0v) is 47.3. The lowest BCUT2D eigenvalue weighted by molar-refractivity contribution is -0.151. The van der Waals surface area contributed by atoms with Crippen LogP contribution in [0.15, 0.2) is 48.6 Å². The van der Waals surface area contributed by atoms with Gasteiger partial charge in [-0.15, -0.1) is 23.5 Å². The third-order valence-electron chi connectivity index (χ3n) is 12.5. The number of thioether (sulfide) groups is 2. The molecule has 1 saturated heterocycles. The molecule has 2 N–H and O–H groups in total. The van der Waals surface area contributed by atoms with Gasteiger partial charge in [-0.3, -0.25) is 14.4 Å². The molecule has 1 aliphatic heterocycles. The fourth-order valence-electron chi connectivity index (χ4n) is 8.24. The Labute approximate surface area is 448 Å². The Hall–Kier alpha value is -2.13. The van der Waals surface area contributed by atoms with E-state index < -0.39 is 12.6 Å². The minimum absolute atomic E-state index is 0.164. The van der Waals surface area contributed by atoms with Crippen LogP contribution in [0, 0.1) is 0 Å². The van der Waals surface area contributed by atoms with Gasteiger partial charge in [0.2, 0.25) is 0 Å². The second-order valence-corrected chi connectivity index (χ2v) is 21.4. The lowest BCUT2D eigenvalue weighted by atomic mass is 10.1. The number of aliphatic hydroxyl groups is 2. The number of hydrogen-bond donors (Lipinski definition) is 2. The molecule has 1 fully saturated rings. The predicted molar refractivity (Wildman–Crippen MR) is 302 cm³/mol. The number of nitrogens with zero attached hydrogens (tertiary/aromatic N) is 1. The Morgan fingerprint density at radius 1 is 0.486 bits per heavy atom. The zero-order chi connectivity index (χ0) is 52.1. The monoisotopic (exact) mass is 1050 g/mol. The topological polar surface area (TPSA) is 141 Å². The molecule has 0 aromatic heterocycles. The summed E-state index contributed by atoms with van der Waals surface area (Å²) in [5.41, 5.74) is 0. The number of aliphatic hydroxyl groups excluding tert-OH is 2. The van der Waals surface area contributed by atoms with Crippen molar-refractivity contribution in [3.63, 3.8) is 0 Å². The van der Waals surface area contributed by atoms with Gasteiger partial charge in [0.1, 0.15) is 6.10 Å². The first-order valence-corrected chi connectivity index (χ1v) is 31.2. The Balaban J connectivity index is 2.15. The number of esters is 3. The molecule has 0 aromatic carbocycles. The van der Waals surface area contributed by atoms with Crippen molar-refractivity contribution in [1.82, 2.24) is 4.90 Å². The zero-order valence-electron chi connectivity index (χ0n) is 45.7. The molecule has 0 radical (unpaired) electrons. The molecule has 1 heterocycles. The minimum Gasteiger partial charge on any atom is -0.465 e. The first kappa shape index (κ1) is 67.9. The summed E-state index contributed by atoms with van der Waals surface area (Å²) in [6, 6.07) is 0. The highest BCUT2D eigenvalue weighted by molar-refractivity contribution is 8.00. The van der Waals surface area contributed by atoms with Gasteiger partial charge in [-0.05, 0) is 142 Å². The van der Waals surface area contributed by atoms with Crippen LogP contribution in [0.2, 0.25) is 0 Å². The second-order valence-electron chi connectivity index (χ2n) is 19.3. The molecule has 418 valence electrons. The minimum atomic E-state index is -1.02. The fraction of sp³-hybridized carbons (Fsp3) is 0.814. The molecular formula is C59H105NO10S2. The maximum Gasteiger partial charge on any atom is 0.315 e. The Bertz CT molecular complexity index is 1270. The number of unbranched alkanes of at least 4 members (excludes halogenated alkanes) is 18. The van der Waals surface area contributed by atoms with Crippen LogP contribution in [-0.4, -0.2) is 121 Å². The summed E-state index contributed by atoms with van der Waals surface area (Å²) in [4.78, 5) is 39.6. The molecule has 13 heteroatoms. The molecule has 1 aliphatic rings. The first-order valence-electron chi connectivity index (χ1n) is 28.9. The van der Waals surface area contributed by atoms with E-state index >= 15 is 0 Å². The quantitative estimate of drug-likeness (QED) is 0.0196. The standard InChI is InChI=1S/C59H105NO10S2/c1-3-5-7-9-11-13-15-17-19-21-23-25-27-29-31-35-46-66-56(62)50-71-52-58(64)68-48-38-40-54(70-55(61)42-37-45-60-43-33-34-44-60)41-39-49-69-59(65)53-72-51-57(63)67-47-36-32-30-28-26-24-22-20-18-16-14-12-10-8-6-4-2/h11-14,17-20,54,58-59,64-65H,3-10,15-16,21-53H2,1-2H3. The number of hydrogen-bond acceptors (Lipinski definition) is 13. The van der Waals surface area contributed by atoms with Crippen molar-refractivity contribution in [2.75, 3.05) is 69.1 Å². The molecule has 0 saturated carbocycles. The molecule has 0 amide bonds. The van der Waals surface area contributed by atoms with E-state index in [0.717, 1.165) is 90.3 Å². The van der Waals surface area contributed by atoms with E-state index in [0.29, 0.717) is 45.3 Å². The van der Waals surface area contributed by atoms with E-state index in [1.807, 2.05) is 0 Å². The van der Waals surface area contributed by atoms with Crippen molar-refractivity contribution in [2.24, 2.45) is 0 Å². The number of likely N-dealkylation sites (tertiary alicyclic amines) is 1. The maximum absolute atomic E-state index is 12.8. The van der Waals surface area contributed by atoms with Crippen LogP contribution >= 0.6 is 23.5 Å². The summed E-state index contributed by atoms with van der Waals surface area (Å²) in [6.07, 6.45) is 49.7. The summed E-state index contributed by atoms with van der Waals surface area (Å²) < 4.78 is 27.9. The number of ether oxygens (including phenoxy) is 5. The van der Waals surface area contributed by atoms with Crippen LogP contribution in [0.5, 0.6) is 0 Å². The Kier molecular flexibility index (Phi) is 50.6. The molecule has 72 heavy (non-hydrogen) atoms. The predicted octanol–water partition coefficient (Wildman–Crippen LogP) is 14.2. The van der Waals surface area contributed by atoms with Crippen LogP contribution in [0.1, 0.15) is 219 Å². The number of carbonyl (C=O) groups excluding carboxylic acids is 3. The van der Waals surface area contributed by atoms with Crippen molar-refractivity contribution in [2.45, 2.75) is 238 Å². The van der Waals surface area contributed by atoms with Gasteiger partial charge in [0.15, 0.2) is 12.6 Å². The normalized spacial score (nSPS) is 14.6. The van der Waals surface area contributed by atoms with Gasteiger partial charge in [0.25, 0.3) is 0 Å². The summed E-state index contributed by atoms with van der Waals surface area (Å²) >= 11 is 2.57. The van der Waals surface area contributed by atoms with Gasteiger partial charge in [-0.1, -0.05) is 140 Å². The molecule has 1 rings (SSSR count). The molecular weight excluding hydrogens is 947 g/mol. The van der Waals surface area contributed by atoms with Crippen LogP contribution in [0.4, 0.5) is 0 Å². The highest BCUT2D eigenvalue weighted by Gasteiger charge is 2.18. The van der Waals surface area contributed by atoms with Crippen LogP contribution < -0.4 is 0 Å². The molecule has 11 nitrogen and oxygen atoms in total. The molecule has 0 bridgehead atoms. The smallest absolute Gasteiger partial charge is 0.315 e. The first-order chi connectivity index (χ1) is 35.3. The van der Waals surface area contributed by atoms with Crippen molar-refractivity contribution in [3.8, 4) is 0 Å². The molecule has 2 unspecified atom stereocenters. The fourth-order valence-corrected chi connectivity index (χ4v) is 9.57. The highest BCUT2D eigenvalue weighted by Crippen LogP contribution is 2.16. The molecule has 2 atom stereocenters. The third-order valence-corrected chi connectivity index (χ3v) is 14.4. The van der Waals surface area contributed by atoms with Gasteiger partial charge < -0.3 is 38.8 Å². The van der Waals surface area contributed by atoms with Crippen molar-refractivity contribution >= 4 is 41.4 Å². The van der Waals surface area contributed by atoms with E-state index in [2.05, 4.69) is 67.4 Å². The molecule has 0 spiro atoms. The van der Waals surface area contributed by atoms with E-state index in [1.54, 1.807) is 0 Å². The van der Waals surface area contributed by atoms with Gasteiger partial charge >= 0.3 is 17.9 Å². The van der Waals surface area contributed by atoms with E-state index in [4.69, 9.17) is 23.7 Å². The largest absolute Gasteiger partial charge is 0.465 e. The van der Waals surface area contributed by atoms with E-state index in [-0.39, 0.29) is 60.2 Å². The average molecular weight is 1050 g/mol. The average Bonchev–Trinajstić information content (AvgIpc) is 3.89. The van der Waals surface area contributed by atoms with Gasteiger partial charge in [-0.25, -0.2) is 0 Å². The Morgan fingerprint density at radius 3 is 1.32 bits per heavy atom. The lowest BCUT2D eigenvalue weighted by Crippen LogP contribution is -2.24. The number of rotatable bonds is 53. The van der Waals surface area contributed by atoms with Crippen molar-refractivity contribution in [1.29, 1.82) is 0 Å². The number of carbonyl (C=O) groups is 3. The molecule has 0 aromatic rings. The van der Waals surface area contributed by atoms with Crippen LogP contribution in [-0.2, 0) is 38.1 Å². The van der Waals surface area contributed by atoms with Gasteiger partial charge in [-0.2, -0.15) is 0 Å².